The highest BCUT2D eigenvalue weighted by atomic mass is 32.2. The second-order valence-electron chi connectivity index (χ2n) is 8.66. The molecule has 2 aromatic carbocycles. The van der Waals surface area contributed by atoms with E-state index in [0.29, 0.717) is 34.9 Å². The average Bonchev–Trinajstić information content (AvgIpc) is 3.36. The van der Waals surface area contributed by atoms with Crippen molar-refractivity contribution in [3.63, 3.8) is 0 Å². The summed E-state index contributed by atoms with van der Waals surface area (Å²) in [5, 5.41) is 0.525. The van der Waals surface area contributed by atoms with E-state index < -0.39 is 21.8 Å². The summed E-state index contributed by atoms with van der Waals surface area (Å²) in [6.07, 6.45) is 2.31. The number of hydrogen-bond donors (Lipinski definition) is 0. The van der Waals surface area contributed by atoms with Crippen LogP contribution in [0.15, 0.2) is 71.8 Å². The van der Waals surface area contributed by atoms with Gasteiger partial charge in [-0.3, -0.25) is 14.7 Å². The molecule has 3 heterocycles. The zero-order chi connectivity index (χ0) is 26.0. The summed E-state index contributed by atoms with van der Waals surface area (Å²) in [5.41, 5.74) is 1.39. The highest BCUT2D eigenvalue weighted by molar-refractivity contribution is 7.89. The van der Waals surface area contributed by atoms with Gasteiger partial charge in [0.15, 0.2) is 5.13 Å². The number of rotatable bonds is 7. The molecule has 4 aromatic rings. The molecule has 8 nitrogen and oxygen atoms in total. The zero-order valence-corrected chi connectivity index (χ0v) is 21.7. The number of hydrogen-bond acceptors (Lipinski definition) is 7. The lowest BCUT2D eigenvalue weighted by molar-refractivity contribution is -0.123. The standard InChI is InChI=1S/C26H25FN4O4S2/c1-35-21-9-6-10-22-24(21)29-26(36-22)31(17-19-7-4-5-14-28-19)25(32)18-12-15-30(16-13-18)37(33,34)23-11-3-2-8-20(23)27/h2-11,14,18H,12-13,15-17H2,1H3. The zero-order valence-electron chi connectivity index (χ0n) is 20.1. The third-order valence-corrected chi connectivity index (χ3v) is 9.37. The predicted octanol–water partition coefficient (Wildman–Crippen LogP) is 4.47. The number of aromatic nitrogens is 2. The van der Waals surface area contributed by atoms with Crippen molar-refractivity contribution < 1.29 is 22.3 Å². The average molecular weight is 541 g/mol. The van der Waals surface area contributed by atoms with Crippen molar-refractivity contribution in [2.75, 3.05) is 25.1 Å². The molecule has 1 fully saturated rings. The van der Waals surface area contributed by atoms with Crippen LogP contribution in [0.25, 0.3) is 10.2 Å². The third kappa shape index (κ3) is 5.07. The Bertz CT molecular complexity index is 1520. The fourth-order valence-corrected chi connectivity index (χ4v) is 6.96. The van der Waals surface area contributed by atoms with Crippen molar-refractivity contribution in [3.05, 3.63) is 78.4 Å². The minimum absolute atomic E-state index is 0.123. The highest BCUT2D eigenvalue weighted by Crippen LogP contribution is 2.36. The van der Waals surface area contributed by atoms with Crippen molar-refractivity contribution in [2.45, 2.75) is 24.3 Å². The number of thiazole rings is 1. The van der Waals surface area contributed by atoms with Crippen molar-refractivity contribution in [1.82, 2.24) is 14.3 Å². The van der Waals surface area contributed by atoms with E-state index in [1.54, 1.807) is 18.2 Å². The van der Waals surface area contributed by atoms with Gasteiger partial charge in [-0.05, 0) is 49.2 Å². The van der Waals surface area contributed by atoms with Crippen LogP contribution in [0.5, 0.6) is 5.75 Å². The summed E-state index contributed by atoms with van der Waals surface area (Å²) >= 11 is 1.39. The van der Waals surface area contributed by atoms with Gasteiger partial charge in [-0.25, -0.2) is 17.8 Å². The van der Waals surface area contributed by atoms with Gasteiger partial charge in [-0.2, -0.15) is 4.31 Å². The maximum atomic E-state index is 14.2. The molecule has 0 radical (unpaired) electrons. The van der Waals surface area contributed by atoms with Gasteiger partial charge in [0, 0.05) is 25.2 Å². The van der Waals surface area contributed by atoms with Gasteiger partial charge in [0.25, 0.3) is 0 Å². The van der Waals surface area contributed by atoms with Crippen LogP contribution in [0.4, 0.5) is 9.52 Å². The van der Waals surface area contributed by atoms with Crippen molar-refractivity contribution in [1.29, 1.82) is 0 Å². The van der Waals surface area contributed by atoms with E-state index in [1.165, 1.54) is 33.8 Å². The van der Waals surface area contributed by atoms with Crippen LogP contribution in [0.2, 0.25) is 0 Å². The van der Waals surface area contributed by atoms with Gasteiger partial charge in [-0.15, -0.1) is 0 Å². The van der Waals surface area contributed by atoms with E-state index in [4.69, 9.17) is 9.72 Å². The van der Waals surface area contributed by atoms with Gasteiger partial charge in [0.1, 0.15) is 22.0 Å². The first-order valence-electron chi connectivity index (χ1n) is 11.8. The van der Waals surface area contributed by atoms with Crippen LogP contribution >= 0.6 is 11.3 Å². The Morgan fingerprint density at radius 1 is 1.11 bits per heavy atom. The fraction of sp³-hybridized carbons (Fsp3) is 0.269. The van der Waals surface area contributed by atoms with Crippen LogP contribution in [0.3, 0.4) is 0 Å². The number of carbonyl (C=O) groups is 1. The van der Waals surface area contributed by atoms with Gasteiger partial charge in [0.2, 0.25) is 15.9 Å². The molecule has 0 bridgehead atoms. The molecule has 1 aliphatic rings. The summed E-state index contributed by atoms with van der Waals surface area (Å²) in [6, 6.07) is 16.5. The molecule has 2 aromatic heterocycles. The number of anilines is 1. The summed E-state index contributed by atoms with van der Waals surface area (Å²) < 4.78 is 47.8. The summed E-state index contributed by atoms with van der Waals surface area (Å²) in [6.45, 7) is 0.478. The first kappa shape index (κ1) is 25.2. The quantitative estimate of drug-likeness (QED) is 0.343. The second-order valence-corrected chi connectivity index (χ2v) is 11.6. The summed E-state index contributed by atoms with van der Waals surface area (Å²) in [5.74, 6) is -0.721. The number of ether oxygens (including phenoxy) is 1. The van der Waals surface area contributed by atoms with Gasteiger partial charge < -0.3 is 4.74 Å². The molecule has 0 spiro atoms. The molecule has 0 aliphatic carbocycles. The molecular weight excluding hydrogens is 515 g/mol. The van der Waals surface area contributed by atoms with Gasteiger partial charge in [0.05, 0.1) is 24.0 Å². The number of benzene rings is 2. The number of fused-ring (bicyclic) bond motifs is 1. The molecule has 37 heavy (non-hydrogen) atoms. The van der Waals surface area contributed by atoms with Crippen molar-refractivity contribution in [3.8, 4) is 5.75 Å². The number of halogens is 1. The molecular formula is C26H25FN4O4S2. The number of methoxy groups -OCH3 is 1. The number of amides is 1. The van der Waals surface area contributed by atoms with Crippen molar-refractivity contribution in [2.24, 2.45) is 5.92 Å². The van der Waals surface area contributed by atoms with Crippen LogP contribution in [-0.2, 0) is 21.4 Å². The normalized spacial score (nSPS) is 15.1. The van der Waals surface area contributed by atoms with E-state index in [2.05, 4.69) is 4.98 Å². The van der Waals surface area contributed by atoms with Crippen molar-refractivity contribution >= 4 is 42.6 Å². The topological polar surface area (TPSA) is 92.7 Å². The molecule has 1 aliphatic heterocycles. The third-order valence-electron chi connectivity index (χ3n) is 6.39. The Morgan fingerprint density at radius 3 is 2.57 bits per heavy atom. The Morgan fingerprint density at radius 2 is 1.86 bits per heavy atom. The fourth-order valence-electron chi connectivity index (χ4n) is 4.44. The highest BCUT2D eigenvalue weighted by Gasteiger charge is 2.36. The number of piperidine rings is 1. The predicted molar refractivity (Wildman–Crippen MR) is 139 cm³/mol. The first-order valence-corrected chi connectivity index (χ1v) is 14.0. The number of carbonyl (C=O) groups excluding carboxylic acids is 1. The second kappa shape index (κ2) is 10.5. The minimum atomic E-state index is -3.99. The van der Waals surface area contributed by atoms with E-state index in [1.807, 2.05) is 36.4 Å². The van der Waals surface area contributed by atoms with Crippen LogP contribution in [0, 0.1) is 11.7 Å². The monoisotopic (exact) mass is 540 g/mol. The van der Waals surface area contributed by atoms with Crippen LogP contribution in [-0.4, -0.2) is 48.8 Å². The van der Waals surface area contributed by atoms with Gasteiger partial charge in [-0.1, -0.05) is 35.6 Å². The number of para-hydroxylation sites is 1. The van der Waals surface area contributed by atoms with Crippen LogP contribution < -0.4 is 9.64 Å². The number of nitrogens with zero attached hydrogens (tertiary/aromatic N) is 4. The molecule has 5 rings (SSSR count). The van der Waals surface area contributed by atoms with E-state index >= 15 is 0 Å². The number of sulfonamides is 1. The Kier molecular flexibility index (Phi) is 7.18. The molecule has 1 amide bonds. The minimum Gasteiger partial charge on any atom is -0.494 e. The number of pyridine rings is 1. The lowest BCUT2D eigenvalue weighted by atomic mass is 9.96. The maximum Gasteiger partial charge on any atom is 0.245 e. The molecule has 192 valence electrons. The summed E-state index contributed by atoms with van der Waals surface area (Å²) in [4.78, 5) is 24.2. The van der Waals surface area contributed by atoms with E-state index in [-0.39, 0.29) is 30.4 Å². The summed E-state index contributed by atoms with van der Waals surface area (Å²) in [7, 11) is -2.41. The Labute approximate surface area is 218 Å². The molecule has 0 atom stereocenters. The largest absolute Gasteiger partial charge is 0.494 e. The lowest BCUT2D eigenvalue weighted by Crippen LogP contribution is -2.44. The smallest absolute Gasteiger partial charge is 0.245 e. The first-order chi connectivity index (χ1) is 17.9. The lowest BCUT2D eigenvalue weighted by Gasteiger charge is -2.33. The van der Waals surface area contributed by atoms with E-state index in [9.17, 15) is 17.6 Å². The van der Waals surface area contributed by atoms with Gasteiger partial charge >= 0.3 is 0 Å². The maximum absolute atomic E-state index is 14.2. The Hall–Kier alpha value is -3.41. The molecule has 0 unspecified atom stereocenters. The molecule has 0 saturated carbocycles. The van der Waals surface area contributed by atoms with Crippen LogP contribution in [0.1, 0.15) is 18.5 Å². The Balaban J connectivity index is 1.39. The van der Waals surface area contributed by atoms with E-state index in [0.717, 1.165) is 10.8 Å². The SMILES string of the molecule is COc1cccc2sc(N(Cc3ccccn3)C(=O)C3CCN(S(=O)(=O)c4ccccc4F)CC3)nc12. The molecule has 1 saturated heterocycles. The molecule has 11 heteroatoms. The molecule has 0 N–H and O–H groups in total.